The van der Waals surface area contributed by atoms with Gasteiger partial charge in [-0.15, -0.1) is 0 Å². The van der Waals surface area contributed by atoms with Gasteiger partial charge in [0.15, 0.2) is 0 Å². The number of nitrogens with zero attached hydrogens (tertiary/aromatic N) is 3. The summed E-state index contributed by atoms with van der Waals surface area (Å²) >= 11 is 5.72. The topological polar surface area (TPSA) is 65.8 Å². The Morgan fingerprint density at radius 2 is 1.61 bits per heavy atom. The molecule has 2 aromatic heterocycles. The highest BCUT2D eigenvalue weighted by Gasteiger charge is 2.12. The van der Waals surface area contributed by atoms with E-state index in [1.54, 1.807) is 23.2 Å². The second kappa shape index (κ2) is 11.8. The van der Waals surface area contributed by atoms with Crippen LogP contribution in [0.15, 0.2) is 102 Å². The van der Waals surface area contributed by atoms with Gasteiger partial charge in [-0.05, 0) is 55.7 Å². The van der Waals surface area contributed by atoms with Gasteiger partial charge in [-0.25, -0.2) is 4.98 Å². The summed E-state index contributed by atoms with van der Waals surface area (Å²) in [5.74, 6) is 0. The van der Waals surface area contributed by atoms with E-state index in [4.69, 9.17) is 17.3 Å². The van der Waals surface area contributed by atoms with E-state index in [0.717, 1.165) is 32.6 Å². The van der Waals surface area contributed by atoms with E-state index < -0.39 is 0 Å². The van der Waals surface area contributed by atoms with Crippen LogP contribution in [0, 0.1) is 6.92 Å². The third-order valence-electron chi connectivity index (χ3n) is 5.71. The molecule has 2 N–H and O–H groups in total. The number of fused-ring (bicyclic) bond motifs is 1. The minimum Gasteiger partial charge on any atom is -0.341 e. The number of para-hydroxylation sites is 1. The summed E-state index contributed by atoms with van der Waals surface area (Å²) in [6, 6.07) is 25.6. The number of halogens is 1. The SMILES string of the molecule is CC(C)(N)c1ccc(Cl)cc1.Cc1cccc(-c2cc(=O)n(C)c3ccccc23)c1.Cn1ccnc1. The molecule has 0 unspecified atom stereocenters. The third-order valence-corrected chi connectivity index (χ3v) is 5.96. The largest absolute Gasteiger partial charge is 0.341 e. The van der Waals surface area contributed by atoms with Crippen molar-refractivity contribution in [3.8, 4) is 11.1 Å². The first-order chi connectivity index (χ1) is 17.1. The molecule has 186 valence electrons. The van der Waals surface area contributed by atoms with Gasteiger partial charge in [-0.3, -0.25) is 4.79 Å². The second-order valence-corrected chi connectivity index (χ2v) is 9.74. The van der Waals surface area contributed by atoms with Gasteiger partial charge in [0.1, 0.15) is 0 Å². The van der Waals surface area contributed by atoms with Crippen LogP contribution in [-0.4, -0.2) is 14.1 Å². The zero-order valence-electron chi connectivity index (χ0n) is 21.4. The quantitative estimate of drug-likeness (QED) is 0.302. The van der Waals surface area contributed by atoms with Crippen LogP contribution in [0.2, 0.25) is 5.02 Å². The summed E-state index contributed by atoms with van der Waals surface area (Å²) in [4.78, 5) is 15.9. The molecule has 36 heavy (non-hydrogen) atoms. The summed E-state index contributed by atoms with van der Waals surface area (Å²) in [5.41, 5.74) is 11.0. The van der Waals surface area contributed by atoms with Crippen molar-refractivity contribution in [2.24, 2.45) is 19.8 Å². The predicted octanol–water partition coefficient (Wildman–Crippen LogP) is 6.47. The van der Waals surface area contributed by atoms with Crippen LogP contribution >= 0.6 is 11.6 Å². The molecule has 2 heterocycles. The summed E-state index contributed by atoms with van der Waals surface area (Å²) < 4.78 is 3.58. The van der Waals surface area contributed by atoms with E-state index in [2.05, 4.69) is 30.1 Å². The highest BCUT2D eigenvalue weighted by atomic mass is 35.5. The van der Waals surface area contributed by atoms with Crippen molar-refractivity contribution in [2.45, 2.75) is 26.3 Å². The van der Waals surface area contributed by atoms with Crippen LogP contribution in [0.3, 0.4) is 0 Å². The number of aromatic nitrogens is 3. The Morgan fingerprint density at radius 3 is 2.17 bits per heavy atom. The van der Waals surface area contributed by atoms with Crippen LogP contribution in [0.5, 0.6) is 0 Å². The molecule has 0 amide bonds. The lowest BCUT2D eigenvalue weighted by molar-refractivity contribution is 0.554. The molecular weight excluding hydrogens is 468 g/mol. The van der Waals surface area contributed by atoms with Crippen LogP contribution in [0.1, 0.15) is 25.0 Å². The Balaban J connectivity index is 0.000000178. The van der Waals surface area contributed by atoms with E-state index in [-0.39, 0.29) is 11.1 Å². The number of pyridine rings is 1. The first-order valence-electron chi connectivity index (χ1n) is 11.7. The number of imidazole rings is 1. The van der Waals surface area contributed by atoms with E-state index >= 15 is 0 Å². The molecule has 5 aromatic rings. The molecule has 0 bridgehead atoms. The summed E-state index contributed by atoms with van der Waals surface area (Å²) in [5, 5.41) is 1.85. The maximum Gasteiger partial charge on any atom is 0.251 e. The molecule has 0 aliphatic rings. The lowest BCUT2D eigenvalue weighted by Crippen LogP contribution is -2.28. The lowest BCUT2D eigenvalue weighted by atomic mass is 9.96. The van der Waals surface area contributed by atoms with Gasteiger partial charge in [-0.1, -0.05) is 71.8 Å². The van der Waals surface area contributed by atoms with Gasteiger partial charge in [0.25, 0.3) is 5.56 Å². The Hall–Kier alpha value is -3.67. The van der Waals surface area contributed by atoms with Gasteiger partial charge in [0, 0.05) is 48.5 Å². The Morgan fingerprint density at radius 1 is 0.917 bits per heavy atom. The fourth-order valence-electron chi connectivity index (χ4n) is 3.67. The van der Waals surface area contributed by atoms with Crippen molar-refractivity contribution in [1.82, 2.24) is 14.1 Å². The van der Waals surface area contributed by atoms with E-state index in [0.29, 0.717) is 0 Å². The highest BCUT2D eigenvalue weighted by molar-refractivity contribution is 6.30. The van der Waals surface area contributed by atoms with Gasteiger partial charge >= 0.3 is 0 Å². The second-order valence-electron chi connectivity index (χ2n) is 9.30. The molecule has 5 rings (SSSR count). The maximum atomic E-state index is 12.1. The van der Waals surface area contributed by atoms with Crippen molar-refractivity contribution in [2.75, 3.05) is 0 Å². The number of hydrogen-bond acceptors (Lipinski definition) is 3. The molecule has 0 aliphatic heterocycles. The summed E-state index contributed by atoms with van der Waals surface area (Å²) in [6.45, 7) is 6.00. The molecule has 0 saturated heterocycles. The Kier molecular flexibility index (Phi) is 8.86. The average molecular weight is 501 g/mol. The molecule has 6 heteroatoms. The van der Waals surface area contributed by atoms with Gasteiger partial charge in [0.05, 0.1) is 11.8 Å². The summed E-state index contributed by atoms with van der Waals surface area (Å²) in [7, 11) is 3.75. The molecule has 0 spiro atoms. The fraction of sp³-hybridized carbons (Fsp3) is 0.200. The van der Waals surface area contributed by atoms with Crippen molar-refractivity contribution in [1.29, 1.82) is 0 Å². The van der Waals surface area contributed by atoms with Crippen molar-refractivity contribution >= 4 is 22.5 Å². The molecule has 0 fully saturated rings. The number of rotatable bonds is 2. The maximum absolute atomic E-state index is 12.1. The fourth-order valence-corrected chi connectivity index (χ4v) is 3.79. The first-order valence-corrected chi connectivity index (χ1v) is 12.1. The highest BCUT2D eigenvalue weighted by Crippen LogP contribution is 2.27. The Labute approximate surface area is 217 Å². The summed E-state index contributed by atoms with van der Waals surface area (Å²) in [6.07, 6.45) is 5.39. The predicted molar refractivity (Wildman–Crippen MR) is 151 cm³/mol. The van der Waals surface area contributed by atoms with Crippen molar-refractivity contribution in [3.05, 3.63) is 124 Å². The monoisotopic (exact) mass is 500 g/mol. The first kappa shape index (κ1) is 26.9. The standard InChI is InChI=1S/C17H15NO.C9H12ClN.C4H6N2/c1-12-6-5-7-13(10-12)15-11-17(19)18(2)16-9-4-3-8-14(15)16;1-9(2,11)7-3-5-8(10)6-4-7;1-6-3-2-5-4-6/h3-11H,1-2H3;3-6H,11H2,1-2H3;2-4H,1H3. The smallest absolute Gasteiger partial charge is 0.251 e. The van der Waals surface area contributed by atoms with Crippen molar-refractivity contribution in [3.63, 3.8) is 0 Å². The number of nitrogens with two attached hydrogens (primary N) is 1. The van der Waals surface area contributed by atoms with Crippen LogP contribution in [0.4, 0.5) is 0 Å². The minimum absolute atomic E-state index is 0.0233. The van der Waals surface area contributed by atoms with Crippen LogP contribution in [-0.2, 0) is 19.6 Å². The number of aryl methyl sites for hydroxylation is 3. The third kappa shape index (κ3) is 7.17. The normalized spacial score (nSPS) is 10.8. The zero-order valence-corrected chi connectivity index (χ0v) is 22.2. The van der Waals surface area contributed by atoms with Crippen molar-refractivity contribution < 1.29 is 0 Å². The molecule has 0 atom stereocenters. The zero-order chi connectivity index (χ0) is 26.3. The number of hydrogen-bond donors (Lipinski definition) is 1. The number of benzene rings is 3. The molecule has 3 aromatic carbocycles. The van der Waals surface area contributed by atoms with Gasteiger partial charge < -0.3 is 14.9 Å². The van der Waals surface area contributed by atoms with Crippen LogP contribution in [0.25, 0.3) is 22.0 Å². The Bertz CT molecular complexity index is 1460. The lowest BCUT2D eigenvalue weighted by Gasteiger charge is -2.18. The average Bonchev–Trinajstić information content (AvgIpc) is 3.33. The molecule has 0 aliphatic carbocycles. The van der Waals surface area contributed by atoms with Crippen LogP contribution < -0.4 is 11.3 Å². The molecular formula is C30H33ClN4O. The van der Waals surface area contributed by atoms with E-state index in [1.807, 2.05) is 93.3 Å². The van der Waals surface area contributed by atoms with Gasteiger partial charge in [-0.2, -0.15) is 0 Å². The van der Waals surface area contributed by atoms with Gasteiger partial charge in [0.2, 0.25) is 0 Å². The van der Waals surface area contributed by atoms with E-state index in [1.165, 1.54) is 5.56 Å². The minimum atomic E-state index is -0.273. The molecule has 5 nitrogen and oxygen atoms in total. The molecule has 0 saturated carbocycles. The molecule has 0 radical (unpaired) electrons. The van der Waals surface area contributed by atoms with E-state index in [9.17, 15) is 4.79 Å².